The van der Waals surface area contributed by atoms with E-state index in [9.17, 15) is 4.79 Å². The van der Waals surface area contributed by atoms with Crippen molar-refractivity contribution in [1.29, 1.82) is 0 Å². The molecule has 1 aromatic heterocycles. The quantitative estimate of drug-likeness (QED) is 0.836. The van der Waals surface area contributed by atoms with Crippen molar-refractivity contribution in [2.24, 2.45) is 0 Å². The molecular weight excluding hydrogens is 322 g/mol. The molecule has 1 aliphatic rings. The van der Waals surface area contributed by atoms with Crippen molar-refractivity contribution in [3.05, 3.63) is 45.9 Å². The number of carbonyl (C=O) groups excluding carboxylic acids is 1. The second-order valence-corrected chi connectivity index (χ2v) is 6.83. The fraction of sp³-hybridized carbons (Fsp3) is 0.444. The molecule has 0 unspecified atom stereocenters. The molecule has 1 fully saturated rings. The van der Waals surface area contributed by atoms with Gasteiger partial charge in [-0.2, -0.15) is 0 Å². The highest BCUT2D eigenvalue weighted by molar-refractivity contribution is 7.09. The van der Waals surface area contributed by atoms with Gasteiger partial charge in [0.25, 0.3) is 5.91 Å². The second-order valence-electron chi connectivity index (χ2n) is 5.89. The maximum Gasteiger partial charge on any atom is 0.254 e. The van der Waals surface area contributed by atoms with E-state index in [4.69, 9.17) is 4.74 Å². The molecule has 0 radical (unpaired) electrons. The molecule has 128 valence electrons. The van der Waals surface area contributed by atoms with Crippen LogP contribution in [-0.2, 0) is 13.0 Å². The Bertz CT molecular complexity index is 693. The van der Waals surface area contributed by atoms with Gasteiger partial charge in [0.2, 0.25) is 0 Å². The van der Waals surface area contributed by atoms with Gasteiger partial charge in [0.1, 0.15) is 5.75 Å². The Hall–Kier alpha value is -1.92. The number of methoxy groups -OCH3 is 1. The third kappa shape index (κ3) is 3.94. The van der Waals surface area contributed by atoms with Crippen LogP contribution < -0.4 is 4.74 Å². The lowest BCUT2D eigenvalue weighted by atomic mass is 10.1. The van der Waals surface area contributed by atoms with Gasteiger partial charge in [0, 0.05) is 43.7 Å². The number of nitrogens with zero attached hydrogens (tertiary/aromatic N) is 3. The fourth-order valence-corrected chi connectivity index (χ4v) is 3.60. The minimum absolute atomic E-state index is 0.0791. The van der Waals surface area contributed by atoms with E-state index in [1.807, 2.05) is 23.1 Å². The summed E-state index contributed by atoms with van der Waals surface area (Å²) in [7, 11) is 1.62. The maximum absolute atomic E-state index is 12.6. The van der Waals surface area contributed by atoms with Gasteiger partial charge in [-0.15, -0.1) is 11.3 Å². The molecule has 2 aromatic rings. The summed E-state index contributed by atoms with van der Waals surface area (Å²) < 4.78 is 5.20. The van der Waals surface area contributed by atoms with Crippen molar-refractivity contribution >= 4 is 17.2 Å². The summed E-state index contributed by atoms with van der Waals surface area (Å²) >= 11 is 1.73. The molecule has 3 rings (SSSR count). The lowest BCUT2D eigenvalue weighted by Crippen LogP contribution is -2.48. The van der Waals surface area contributed by atoms with Crippen LogP contribution in [0.15, 0.2) is 29.6 Å². The molecule has 0 aliphatic carbocycles. The second kappa shape index (κ2) is 7.77. The number of piperazine rings is 1. The maximum atomic E-state index is 12.6. The third-order valence-electron chi connectivity index (χ3n) is 4.26. The van der Waals surface area contributed by atoms with E-state index >= 15 is 0 Å². The van der Waals surface area contributed by atoms with Crippen LogP contribution in [0.1, 0.15) is 28.0 Å². The van der Waals surface area contributed by atoms with E-state index < -0.39 is 0 Å². The van der Waals surface area contributed by atoms with Crippen LogP contribution in [0.25, 0.3) is 0 Å². The number of thiazole rings is 1. The van der Waals surface area contributed by atoms with Crippen LogP contribution in [0.4, 0.5) is 0 Å². The summed E-state index contributed by atoms with van der Waals surface area (Å²) in [5, 5.41) is 3.34. The van der Waals surface area contributed by atoms with Gasteiger partial charge < -0.3 is 9.64 Å². The molecule has 0 saturated carbocycles. The zero-order chi connectivity index (χ0) is 16.9. The van der Waals surface area contributed by atoms with Crippen molar-refractivity contribution in [1.82, 2.24) is 14.8 Å². The lowest BCUT2D eigenvalue weighted by Gasteiger charge is -2.34. The Kier molecular flexibility index (Phi) is 5.48. The van der Waals surface area contributed by atoms with Crippen molar-refractivity contribution in [3.8, 4) is 5.75 Å². The van der Waals surface area contributed by atoms with E-state index in [0.29, 0.717) is 5.56 Å². The standard InChI is InChI=1S/C18H23N3O2S/c1-3-17-19-15(13-24-17)12-20-7-9-21(10-8-20)18(22)14-5-4-6-16(11-14)23-2/h4-6,11,13H,3,7-10,12H2,1-2H3. The number of benzene rings is 1. The first-order chi connectivity index (χ1) is 11.7. The van der Waals surface area contributed by atoms with E-state index in [0.717, 1.165) is 50.6 Å². The van der Waals surface area contributed by atoms with Gasteiger partial charge in [-0.25, -0.2) is 4.98 Å². The topological polar surface area (TPSA) is 45.7 Å². The third-order valence-corrected chi connectivity index (χ3v) is 5.31. The molecule has 6 heteroatoms. The van der Waals surface area contributed by atoms with Crippen LogP contribution in [-0.4, -0.2) is 54.0 Å². The Balaban J connectivity index is 1.55. The summed E-state index contributed by atoms with van der Waals surface area (Å²) in [4.78, 5) is 21.5. The highest BCUT2D eigenvalue weighted by atomic mass is 32.1. The predicted octanol–water partition coefficient (Wildman–Crippen LogP) is 2.67. The van der Waals surface area contributed by atoms with Gasteiger partial charge in [-0.05, 0) is 24.6 Å². The number of carbonyl (C=O) groups is 1. The Morgan fingerprint density at radius 2 is 2.08 bits per heavy atom. The number of aryl methyl sites for hydroxylation is 1. The molecule has 0 bridgehead atoms. The number of rotatable bonds is 5. The van der Waals surface area contributed by atoms with Crippen LogP contribution in [0, 0.1) is 0 Å². The Morgan fingerprint density at radius 3 is 2.75 bits per heavy atom. The van der Waals surface area contributed by atoms with Gasteiger partial charge >= 0.3 is 0 Å². The SMILES string of the molecule is CCc1nc(CN2CCN(C(=O)c3cccc(OC)c3)CC2)cs1. The van der Waals surface area contributed by atoms with Crippen LogP contribution in [0.2, 0.25) is 0 Å². The molecule has 1 amide bonds. The van der Waals surface area contributed by atoms with Crippen molar-refractivity contribution in [2.75, 3.05) is 33.3 Å². The van der Waals surface area contributed by atoms with Crippen LogP contribution >= 0.6 is 11.3 Å². The minimum atomic E-state index is 0.0791. The molecule has 0 spiro atoms. The first kappa shape index (κ1) is 16.9. The molecule has 1 saturated heterocycles. The zero-order valence-electron chi connectivity index (χ0n) is 14.2. The first-order valence-corrected chi connectivity index (χ1v) is 9.16. The summed E-state index contributed by atoms with van der Waals surface area (Å²) in [5.74, 6) is 0.797. The predicted molar refractivity (Wildman–Crippen MR) is 95.7 cm³/mol. The molecule has 1 aromatic carbocycles. The molecule has 24 heavy (non-hydrogen) atoms. The Morgan fingerprint density at radius 1 is 1.29 bits per heavy atom. The Labute approximate surface area is 146 Å². The molecule has 0 atom stereocenters. The highest BCUT2D eigenvalue weighted by Crippen LogP contribution is 2.17. The number of ether oxygens (including phenoxy) is 1. The van der Waals surface area contributed by atoms with Crippen molar-refractivity contribution < 1.29 is 9.53 Å². The fourth-order valence-electron chi connectivity index (χ4n) is 2.86. The normalized spacial score (nSPS) is 15.5. The summed E-state index contributed by atoms with van der Waals surface area (Å²) in [6.07, 6.45) is 0.994. The average Bonchev–Trinajstić information content (AvgIpc) is 3.09. The number of hydrogen-bond donors (Lipinski definition) is 0. The molecule has 5 nitrogen and oxygen atoms in total. The minimum Gasteiger partial charge on any atom is -0.497 e. The van der Waals surface area contributed by atoms with Crippen LogP contribution in [0.3, 0.4) is 0 Å². The number of hydrogen-bond acceptors (Lipinski definition) is 5. The lowest BCUT2D eigenvalue weighted by molar-refractivity contribution is 0.0627. The monoisotopic (exact) mass is 345 g/mol. The summed E-state index contributed by atoms with van der Waals surface area (Å²) in [6, 6.07) is 7.36. The van der Waals surface area contributed by atoms with Crippen molar-refractivity contribution in [3.63, 3.8) is 0 Å². The highest BCUT2D eigenvalue weighted by Gasteiger charge is 2.22. The van der Waals surface area contributed by atoms with Crippen molar-refractivity contribution in [2.45, 2.75) is 19.9 Å². The average molecular weight is 345 g/mol. The molecule has 0 N–H and O–H groups in total. The van der Waals surface area contributed by atoms with Gasteiger partial charge in [0.15, 0.2) is 0 Å². The van der Waals surface area contributed by atoms with E-state index in [1.54, 1.807) is 24.5 Å². The number of aromatic nitrogens is 1. The van der Waals surface area contributed by atoms with Gasteiger partial charge in [-0.1, -0.05) is 13.0 Å². The number of amides is 1. The van der Waals surface area contributed by atoms with Gasteiger partial charge in [0.05, 0.1) is 17.8 Å². The summed E-state index contributed by atoms with van der Waals surface area (Å²) in [5.41, 5.74) is 1.83. The largest absolute Gasteiger partial charge is 0.497 e. The van der Waals surface area contributed by atoms with E-state index in [2.05, 4.69) is 22.2 Å². The summed E-state index contributed by atoms with van der Waals surface area (Å²) in [6.45, 7) is 6.27. The zero-order valence-corrected chi connectivity index (χ0v) is 15.0. The molecule has 2 heterocycles. The van der Waals surface area contributed by atoms with Gasteiger partial charge in [-0.3, -0.25) is 9.69 Å². The molecule has 1 aliphatic heterocycles. The molecular formula is C18H23N3O2S. The van der Waals surface area contributed by atoms with E-state index in [1.165, 1.54) is 5.01 Å². The van der Waals surface area contributed by atoms with Crippen LogP contribution in [0.5, 0.6) is 5.75 Å². The smallest absolute Gasteiger partial charge is 0.254 e. The first-order valence-electron chi connectivity index (χ1n) is 8.28. The van der Waals surface area contributed by atoms with E-state index in [-0.39, 0.29) is 5.91 Å².